The van der Waals surface area contributed by atoms with E-state index in [2.05, 4.69) is 10.2 Å². The molecule has 96 valence electrons. The fourth-order valence-electron chi connectivity index (χ4n) is 2.15. The summed E-state index contributed by atoms with van der Waals surface area (Å²) in [5, 5.41) is 10.5. The molecule has 20 heavy (non-hydrogen) atoms. The van der Waals surface area contributed by atoms with Crippen LogP contribution in [0.15, 0.2) is 80.1 Å². The quantitative estimate of drug-likeness (QED) is 0.442. The van der Waals surface area contributed by atoms with Crippen molar-refractivity contribution in [2.75, 3.05) is 0 Å². The second-order valence-corrected chi connectivity index (χ2v) is 4.49. The lowest BCUT2D eigenvalue weighted by Crippen LogP contribution is -1.67. The molecule has 0 amide bonds. The maximum atomic E-state index is 5.29. The molecular weight excluding hydrogens is 252 g/mol. The molecule has 4 rings (SSSR count). The largest absolute Gasteiger partial charge is 0.464 e. The first kappa shape index (κ1) is 11.0. The van der Waals surface area contributed by atoms with Gasteiger partial charge in [-0.05, 0) is 48.5 Å². The van der Waals surface area contributed by atoms with E-state index in [0.29, 0.717) is 0 Å². The van der Waals surface area contributed by atoms with Crippen LogP contribution in [0.1, 0.15) is 0 Å². The smallest absolute Gasteiger partial charge is 0.134 e. The summed E-state index contributed by atoms with van der Waals surface area (Å²) in [5.74, 6) is 0. The number of benzene rings is 2. The fraction of sp³-hybridized carbons (Fsp3) is 0. The third kappa shape index (κ3) is 1.87. The van der Waals surface area contributed by atoms with Crippen molar-refractivity contribution < 1.29 is 8.83 Å². The molecule has 0 saturated heterocycles. The molecule has 4 heteroatoms. The van der Waals surface area contributed by atoms with Gasteiger partial charge in [0.15, 0.2) is 0 Å². The summed E-state index contributed by atoms with van der Waals surface area (Å²) in [6.07, 6.45) is 3.33. The fourth-order valence-corrected chi connectivity index (χ4v) is 2.15. The Labute approximate surface area is 114 Å². The van der Waals surface area contributed by atoms with Gasteiger partial charge in [-0.2, -0.15) is 10.2 Å². The van der Waals surface area contributed by atoms with Crippen molar-refractivity contribution in [2.45, 2.75) is 0 Å². The topological polar surface area (TPSA) is 51.0 Å². The van der Waals surface area contributed by atoms with E-state index in [-0.39, 0.29) is 0 Å². The highest BCUT2D eigenvalue weighted by Crippen LogP contribution is 2.26. The monoisotopic (exact) mass is 262 g/mol. The zero-order chi connectivity index (χ0) is 13.4. The summed E-state index contributed by atoms with van der Waals surface area (Å²) in [7, 11) is 0. The van der Waals surface area contributed by atoms with Gasteiger partial charge in [-0.1, -0.05) is 0 Å². The molecule has 2 heterocycles. The minimum atomic E-state index is 0.797. The molecular formula is C16H10N2O2. The first-order chi connectivity index (χ1) is 9.88. The summed E-state index contributed by atoms with van der Waals surface area (Å²) in [5.41, 5.74) is 3.30. The Morgan fingerprint density at radius 3 is 1.60 bits per heavy atom. The molecule has 0 aliphatic heterocycles. The van der Waals surface area contributed by atoms with Crippen LogP contribution in [0.4, 0.5) is 11.4 Å². The van der Waals surface area contributed by atoms with Gasteiger partial charge in [0.05, 0.1) is 23.9 Å². The molecule has 0 atom stereocenters. The zero-order valence-corrected chi connectivity index (χ0v) is 10.5. The molecule has 2 aromatic heterocycles. The second kappa shape index (κ2) is 4.35. The average molecular weight is 262 g/mol. The lowest BCUT2D eigenvalue weighted by atomic mass is 10.2. The summed E-state index contributed by atoms with van der Waals surface area (Å²) < 4.78 is 10.6. The van der Waals surface area contributed by atoms with Crippen molar-refractivity contribution in [3.63, 3.8) is 0 Å². The SMILES string of the molecule is c1cc2cc(N=Nc3ccc4occc4c3)ccc2o1. The van der Waals surface area contributed by atoms with Crippen molar-refractivity contribution in [2.24, 2.45) is 10.2 Å². The van der Waals surface area contributed by atoms with Crippen molar-refractivity contribution in [1.29, 1.82) is 0 Å². The first-order valence-corrected chi connectivity index (χ1v) is 6.25. The van der Waals surface area contributed by atoms with E-state index in [9.17, 15) is 0 Å². The van der Waals surface area contributed by atoms with Gasteiger partial charge in [-0.3, -0.25) is 0 Å². The Hall–Kier alpha value is -2.88. The Morgan fingerprint density at radius 2 is 1.10 bits per heavy atom. The second-order valence-electron chi connectivity index (χ2n) is 4.49. The van der Waals surface area contributed by atoms with Crippen molar-refractivity contribution in [3.8, 4) is 0 Å². The average Bonchev–Trinajstić information content (AvgIpc) is 3.12. The van der Waals surface area contributed by atoms with E-state index in [0.717, 1.165) is 33.3 Å². The van der Waals surface area contributed by atoms with E-state index < -0.39 is 0 Å². The molecule has 0 fully saturated rings. The van der Waals surface area contributed by atoms with E-state index in [4.69, 9.17) is 8.83 Å². The molecule has 4 nitrogen and oxygen atoms in total. The molecule has 0 saturated carbocycles. The maximum absolute atomic E-state index is 5.29. The summed E-state index contributed by atoms with van der Waals surface area (Å²) in [4.78, 5) is 0. The van der Waals surface area contributed by atoms with E-state index >= 15 is 0 Å². The molecule has 0 unspecified atom stereocenters. The maximum Gasteiger partial charge on any atom is 0.134 e. The van der Waals surface area contributed by atoms with E-state index in [1.54, 1.807) is 12.5 Å². The molecule has 0 radical (unpaired) electrons. The van der Waals surface area contributed by atoms with Crippen LogP contribution in [-0.4, -0.2) is 0 Å². The van der Waals surface area contributed by atoms with Crippen molar-refractivity contribution in [1.82, 2.24) is 0 Å². The van der Waals surface area contributed by atoms with Crippen LogP contribution in [-0.2, 0) is 0 Å². The number of hydrogen-bond acceptors (Lipinski definition) is 4. The Morgan fingerprint density at radius 1 is 0.600 bits per heavy atom. The minimum Gasteiger partial charge on any atom is -0.464 e. The van der Waals surface area contributed by atoms with E-state index in [1.165, 1.54) is 0 Å². The third-order valence-electron chi connectivity index (χ3n) is 3.15. The Balaban J connectivity index is 1.69. The molecule has 0 N–H and O–H groups in total. The van der Waals surface area contributed by atoms with Gasteiger partial charge >= 0.3 is 0 Å². The van der Waals surface area contributed by atoms with E-state index in [1.807, 2.05) is 48.5 Å². The highest BCUT2D eigenvalue weighted by atomic mass is 16.3. The summed E-state index contributed by atoms with van der Waals surface area (Å²) in [6.45, 7) is 0. The van der Waals surface area contributed by atoms with Gasteiger partial charge in [-0.25, -0.2) is 0 Å². The van der Waals surface area contributed by atoms with Gasteiger partial charge in [0.25, 0.3) is 0 Å². The molecule has 2 aromatic carbocycles. The Kier molecular flexibility index (Phi) is 2.39. The minimum absolute atomic E-state index is 0.797. The summed E-state index contributed by atoms with van der Waals surface area (Å²) >= 11 is 0. The van der Waals surface area contributed by atoms with Crippen molar-refractivity contribution in [3.05, 3.63) is 61.1 Å². The molecule has 0 aliphatic carbocycles. The number of fused-ring (bicyclic) bond motifs is 2. The van der Waals surface area contributed by atoms with Crippen LogP contribution < -0.4 is 0 Å². The normalized spacial score (nSPS) is 11.8. The van der Waals surface area contributed by atoms with Gasteiger partial charge in [0, 0.05) is 10.8 Å². The van der Waals surface area contributed by atoms with Gasteiger partial charge < -0.3 is 8.83 Å². The predicted molar refractivity (Wildman–Crippen MR) is 76.6 cm³/mol. The number of furan rings is 2. The van der Waals surface area contributed by atoms with Crippen LogP contribution >= 0.6 is 0 Å². The van der Waals surface area contributed by atoms with Gasteiger partial charge in [-0.15, -0.1) is 0 Å². The first-order valence-electron chi connectivity index (χ1n) is 6.25. The number of azo groups is 1. The predicted octanol–water partition coefficient (Wildman–Crippen LogP) is 5.59. The summed E-state index contributed by atoms with van der Waals surface area (Å²) in [6, 6.07) is 15.2. The lowest BCUT2D eigenvalue weighted by molar-refractivity contribution is 0.615. The van der Waals surface area contributed by atoms with Gasteiger partial charge in [0.1, 0.15) is 11.2 Å². The zero-order valence-electron chi connectivity index (χ0n) is 10.5. The number of rotatable bonds is 2. The number of hydrogen-bond donors (Lipinski definition) is 0. The van der Waals surface area contributed by atoms with Crippen LogP contribution in [0.2, 0.25) is 0 Å². The number of nitrogens with zero attached hydrogens (tertiary/aromatic N) is 2. The van der Waals surface area contributed by atoms with Crippen LogP contribution in [0.25, 0.3) is 21.9 Å². The molecule has 4 aromatic rings. The van der Waals surface area contributed by atoms with Crippen LogP contribution in [0.5, 0.6) is 0 Å². The Bertz CT molecular complexity index is 842. The lowest BCUT2D eigenvalue weighted by Gasteiger charge is -1.94. The van der Waals surface area contributed by atoms with Gasteiger partial charge in [0.2, 0.25) is 0 Å². The highest BCUT2D eigenvalue weighted by molar-refractivity contribution is 5.81. The molecule has 0 aliphatic rings. The van der Waals surface area contributed by atoms with Crippen LogP contribution in [0.3, 0.4) is 0 Å². The highest BCUT2D eigenvalue weighted by Gasteiger charge is 1.99. The third-order valence-corrected chi connectivity index (χ3v) is 3.15. The molecule has 0 spiro atoms. The molecule has 0 bridgehead atoms. The standard InChI is InChI=1S/C16H10N2O2/c1-3-15-11(5-7-19-15)9-13(1)17-18-14-2-4-16-12(10-14)6-8-20-16/h1-10H. The van der Waals surface area contributed by atoms with Crippen LogP contribution in [0, 0.1) is 0 Å². The van der Waals surface area contributed by atoms with Crippen molar-refractivity contribution >= 4 is 33.3 Å².